The molecule has 0 radical (unpaired) electrons. The van der Waals surface area contributed by atoms with Gasteiger partial charge < -0.3 is 10.1 Å². The minimum Gasteiger partial charge on any atom is -0.466 e. The highest BCUT2D eigenvalue weighted by molar-refractivity contribution is 9.10. The third kappa shape index (κ3) is 4.82. The van der Waals surface area contributed by atoms with Gasteiger partial charge in [-0.25, -0.2) is 0 Å². The highest BCUT2D eigenvalue weighted by Gasteiger charge is 2.28. The maximum Gasteiger partial charge on any atom is 0.308 e. The monoisotopic (exact) mass is 353 g/mol. The molecule has 0 spiro atoms. The van der Waals surface area contributed by atoms with Crippen LogP contribution in [0.3, 0.4) is 0 Å². The van der Waals surface area contributed by atoms with Crippen LogP contribution in [0.4, 0.5) is 0 Å². The second kappa shape index (κ2) is 7.95. The Morgan fingerprint density at radius 2 is 2.10 bits per heavy atom. The predicted octanol–water partition coefficient (Wildman–Crippen LogP) is 4.22. The molecule has 1 N–H and O–H groups in total. The van der Waals surface area contributed by atoms with Crippen molar-refractivity contribution in [1.29, 1.82) is 0 Å². The molecule has 2 rings (SSSR count). The SMILES string of the molecule is CCOC(=O)C1CCCC(N[C@H](C)c2ccc(Br)cc2)C1. The molecule has 2 unspecified atom stereocenters. The maximum atomic E-state index is 11.9. The van der Waals surface area contributed by atoms with Crippen molar-refractivity contribution in [3.05, 3.63) is 34.3 Å². The molecule has 1 aliphatic rings. The molecule has 1 aliphatic carbocycles. The Hall–Kier alpha value is -0.870. The van der Waals surface area contributed by atoms with Crippen molar-refractivity contribution in [3.63, 3.8) is 0 Å². The summed E-state index contributed by atoms with van der Waals surface area (Å²) in [7, 11) is 0. The van der Waals surface area contributed by atoms with Crippen molar-refractivity contribution in [1.82, 2.24) is 5.32 Å². The summed E-state index contributed by atoms with van der Waals surface area (Å²) in [5.41, 5.74) is 1.27. The maximum absolute atomic E-state index is 11.9. The van der Waals surface area contributed by atoms with Gasteiger partial charge in [-0.05, 0) is 50.8 Å². The molecule has 0 heterocycles. The molecule has 4 heteroatoms. The van der Waals surface area contributed by atoms with E-state index in [1.54, 1.807) is 0 Å². The molecule has 0 amide bonds. The number of ether oxygens (including phenoxy) is 1. The first kappa shape index (κ1) is 16.5. The number of esters is 1. The average Bonchev–Trinajstić information content (AvgIpc) is 2.48. The fourth-order valence-corrected chi connectivity index (χ4v) is 3.28. The van der Waals surface area contributed by atoms with Crippen LogP contribution in [0.2, 0.25) is 0 Å². The molecular formula is C17H24BrNO2. The largest absolute Gasteiger partial charge is 0.466 e. The van der Waals surface area contributed by atoms with Crippen LogP contribution in [-0.4, -0.2) is 18.6 Å². The molecule has 0 aliphatic heterocycles. The molecule has 0 saturated heterocycles. The van der Waals surface area contributed by atoms with Crippen LogP contribution in [-0.2, 0) is 9.53 Å². The van der Waals surface area contributed by atoms with Gasteiger partial charge in [0.2, 0.25) is 0 Å². The van der Waals surface area contributed by atoms with Crippen molar-refractivity contribution >= 4 is 21.9 Å². The van der Waals surface area contributed by atoms with Crippen LogP contribution in [0.1, 0.15) is 51.1 Å². The Balaban J connectivity index is 1.89. The minimum atomic E-state index is -0.0275. The number of nitrogens with one attached hydrogen (secondary N) is 1. The summed E-state index contributed by atoms with van der Waals surface area (Å²) >= 11 is 3.46. The van der Waals surface area contributed by atoms with Crippen molar-refractivity contribution in [2.24, 2.45) is 5.92 Å². The molecular weight excluding hydrogens is 330 g/mol. The standard InChI is InChI=1S/C17H24BrNO2/c1-3-21-17(20)14-5-4-6-16(11-14)19-12(2)13-7-9-15(18)10-8-13/h7-10,12,14,16,19H,3-6,11H2,1-2H3/t12-,14?,16?/m1/s1. The summed E-state index contributed by atoms with van der Waals surface area (Å²) in [5, 5.41) is 3.66. The molecule has 116 valence electrons. The smallest absolute Gasteiger partial charge is 0.308 e. The lowest BCUT2D eigenvalue weighted by molar-refractivity contribution is -0.149. The molecule has 0 aromatic heterocycles. The lowest BCUT2D eigenvalue weighted by Gasteiger charge is -2.31. The number of rotatable bonds is 5. The molecule has 3 atom stereocenters. The summed E-state index contributed by atoms with van der Waals surface area (Å²) in [6, 6.07) is 9.09. The summed E-state index contributed by atoms with van der Waals surface area (Å²) < 4.78 is 6.26. The molecule has 1 fully saturated rings. The van der Waals surface area contributed by atoms with E-state index in [4.69, 9.17) is 4.74 Å². The number of carbonyl (C=O) groups excluding carboxylic acids is 1. The van der Waals surface area contributed by atoms with Crippen LogP contribution in [0.25, 0.3) is 0 Å². The Morgan fingerprint density at radius 3 is 2.76 bits per heavy atom. The van der Waals surface area contributed by atoms with E-state index in [1.807, 2.05) is 6.92 Å². The van der Waals surface area contributed by atoms with Crippen molar-refractivity contribution < 1.29 is 9.53 Å². The first-order valence-electron chi connectivity index (χ1n) is 7.78. The highest BCUT2D eigenvalue weighted by atomic mass is 79.9. The van der Waals surface area contributed by atoms with Crippen LogP contribution >= 0.6 is 15.9 Å². The second-order valence-electron chi connectivity index (χ2n) is 5.75. The van der Waals surface area contributed by atoms with E-state index < -0.39 is 0 Å². The lowest BCUT2D eigenvalue weighted by Crippen LogP contribution is -2.38. The zero-order valence-corrected chi connectivity index (χ0v) is 14.4. The van der Waals surface area contributed by atoms with Crippen LogP contribution in [0, 0.1) is 5.92 Å². The minimum absolute atomic E-state index is 0.0275. The van der Waals surface area contributed by atoms with Gasteiger partial charge in [-0.3, -0.25) is 4.79 Å². The van der Waals surface area contributed by atoms with E-state index >= 15 is 0 Å². The molecule has 1 aromatic carbocycles. The van der Waals surface area contributed by atoms with Crippen LogP contribution in [0.15, 0.2) is 28.7 Å². The fraction of sp³-hybridized carbons (Fsp3) is 0.588. The van der Waals surface area contributed by atoms with Gasteiger partial charge in [0.05, 0.1) is 12.5 Å². The first-order chi connectivity index (χ1) is 10.1. The quantitative estimate of drug-likeness (QED) is 0.805. The van der Waals surface area contributed by atoms with Gasteiger partial charge in [0.25, 0.3) is 0 Å². The van der Waals surface area contributed by atoms with Crippen molar-refractivity contribution in [3.8, 4) is 0 Å². The van der Waals surface area contributed by atoms with E-state index in [2.05, 4.69) is 52.4 Å². The molecule has 21 heavy (non-hydrogen) atoms. The van der Waals surface area contributed by atoms with Gasteiger partial charge in [0.15, 0.2) is 0 Å². The predicted molar refractivity (Wildman–Crippen MR) is 88.1 cm³/mol. The highest BCUT2D eigenvalue weighted by Crippen LogP contribution is 2.27. The van der Waals surface area contributed by atoms with E-state index in [-0.39, 0.29) is 11.9 Å². The summed E-state index contributed by atoms with van der Waals surface area (Å²) in [6.45, 7) is 4.52. The van der Waals surface area contributed by atoms with E-state index in [0.29, 0.717) is 18.7 Å². The third-order valence-corrected chi connectivity index (χ3v) is 4.68. The normalized spacial score (nSPS) is 23.6. The van der Waals surface area contributed by atoms with E-state index in [9.17, 15) is 4.79 Å². The fourth-order valence-electron chi connectivity index (χ4n) is 3.02. The summed E-state index contributed by atoms with van der Waals surface area (Å²) in [4.78, 5) is 11.9. The Kier molecular flexibility index (Phi) is 6.24. The van der Waals surface area contributed by atoms with Gasteiger partial charge in [-0.15, -0.1) is 0 Å². The molecule has 3 nitrogen and oxygen atoms in total. The zero-order chi connectivity index (χ0) is 15.2. The number of carbonyl (C=O) groups is 1. The Morgan fingerprint density at radius 1 is 1.38 bits per heavy atom. The lowest BCUT2D eigenvalue weighted by atomic mass is 9.85. The second-order valence-corrected chi connectivity index (χ2v) is 6.67. The number of halogens is 1. The number of hydrogen-bond donors (Lipinski definition) is 1. The number of hydrogen-bond acceptors (Lipinski definition) is 3. The topological polar surface area (TPSA) is 38.3 Å². The summed E-state index contributed by atoms with van der Waals surface area (Å²) in [6.07, 6.45) is 4.08. The number of benzene rings is 1. The molecule has 1 saturated carbocycles. The van der Waals surface area contributed by atoms with Crippen molar-refractivity contribution in [2.45, 2.75) is 51.6 Å². The zero-order valence-electron chi connectivity index (χ0n) is 12.8. The van der Waals surface area contributed by atoms with E-state index in [0.717, 1.165) is 30.2 Å². The molecule has 0 bridgehead atoms. The van der Waals surface area contributed by atoms with Crippen molar-refractivity contribution in [2.75, 3.05) is 6.61 Å². The van der Waals surface area contributed by atoms with Gasteiger partial charge in [0.1, 0.15) is 0 Å². The van der Waals surface area contributed by atoms with Gasteiger partial charge in [-0.1, -0.05) is 34.5 Å². The van der Waals surface area contributed by atoms with E-state index in [1.165, 1.54) is 5.56 Å². The Bertz CT molecular complexity index is 460. The molecule has 1 aromatic rings. The average molecular weight is 354 g/mol. The third-order valence-electron chi connectivity index (χ3n) is 4.15. The van der Waals surface area contributed by atoms with Crippen LogP contribution < -0.4 is 5.32 Å². The summed E-state index contributed by atoms with van der Waals surface area (Å²) in [5.74, 6) is 0.0358. The van der Waals surface area contributed by atoms with Crippen LogP contribution in [0.5, 0.6) is 0 Å². The first-order valence-corrected chi connectivity index (χ1v) is 8.57. The van der Waals surface area contributed by atoms with Gasteiger partial charge in [-0.2, -0.15) is 0 Å². The van der Waals surface area contributed by atoms with Gasteiger partial charge >= 0.3 is 5.97 Å². The van der Waals surface area contributed by atoms with Gasteiger partial charge in [0, 0.05) is 16.6 Å². The Labute approximate surface area is 135 Å².